The summed E-state index contributed by atoms with van der Waals surface area (Å²) in [5.74, 6) is -1.34. The standard InChI is InChI=1S/C8H11NO6S/c1-8(2)5(6(10)11)9-4(16(8,13)14)3-15-7(9)12/h4-5H,3H2,1-2H3,(H,10,11). The third kappa shape index (κ3) is 1.05. The van der Waals surface area contributed by atoms with Crippen molar-refractivity contribution in [2.24, 2.45) is 0 Å². The van der Waals surface area contributed by atoms with Crippen LogP contribution in [0.5, 0.6) is 0 Å². The molecule has 16 heavy (non-hydrogen) atoms. The molecule has 0 aromatic rings. The van der Waals surface area contributed by atoms with Gasteiger partial charge in [-0.25, -0.2) is 18.0 Å². The summed E-state index contributed by atoms with van der Waals surface area (Å²) in [6, 6.07) is -1.39. The molecule has 0 aromatic heterocycles. The minimum absolute atomic E-state index is 0.297. The SMILES string of the molecule is CC1(C)C(C(=O)O)N2C(=O)OCC2S1(=O)=O. The molecule has 90 valence electrons. The second-order valence-corrected chi connectivity index (χ2v) is 7.01. The molecular weight excluding hydrogens is 238 g/mol. The fraction of sp³-hybridized carbons (Fsp3) is 0.750. The Kier molecular flexibility index (Phi) is 2.01. The molecule has 0 aromatic carbocycles. The number of amides is 1. The van der Waals surface area contributed by atoms with Gasteiger partial charge in [-0.15, -0.1) is 0 Å². The first-order valence-electron chi connectivity index (χ1n) is 4.62. The lowest BCUT2D eigenvalue weighted by Crippen LogP contribution is -2.49. The van der Waals surface area contributed by atoms with Crippen LogP contribution in [0.3, 0.4) is 0 Å². The summed E-state index contributed by atoms with van der Waals surface area (Å²) in [5.41, 5.74) is 0. The summed E-state index contributed by atoms with van der Waals surface area (Å²) in [5, 5.41) is 7.86. The van der Waals surface area contributed by atoms with Gasteiger partial charge in [0.25, 0.3) is 0 Å². The predicted molar refractivity (Wildman–Crippen MR) is 51.4 cm³/mol. The summed E-state index contributed by atoms with van der Waals surface area (Å²) in [6.45, 7) is 2.33. The topological polar surface area (TPSA) is 101 Å². The van der Waals surface area contributed by atoms with Crippen LogP contribution in [-0.2, 0) is 19.4 Å². The molecule has 0 bridgehead atoms. The molecule has 2 fully saturated rings. The monoisotopic (exact) mass is 249 g/mol. The van der Waals surface area contributed by atoms with Gasteiger partial charge in [0.05, 0.1) is 0 Å². The smallest absolute Gasteiger partial charge is 0.411 e. The Morgan fingerprint density at radius 2 is 2.12 bits per heavy atom. The van der Waals surface area contributed by atoms with Crippen LogP contribution in [0, 0.1) is 0 Å². The summed E-state index contributed by atoms with van der Waals surface area (Å²) < 4.78 is 27.1. The van der Waals surface area contributed by atoms with Crippen molar-refractivity contribution in [2.45, 2.75) is 30.0 Å². The van der Waals surface area contributed by atoms with E-state index in [2.05, 4.69) is 4.74 Å². The van der Waals surface area contributed by atoms with Crippen LogP contribution in [0.15, 0.2) is 0 Å². The average Bonchev–Trinajstić information content (AvgIpc) is 2.53. The molecule has 2 unspecified atom stereocenters. The van der Waals surface area contributed by atoms with Gasteiger partial charge in [-0.05, 0) is 13.8 Å². The highest BCUT2D eigenvalue weighted by Gasteiger charge is 2.66. The van der Waals surface area contributed by atoms with E-state index in [0.717, 1.165) is 4.90 Å². The summed E-state index contributed by atoms with van der Waals surface area (Å²) >= 11 is 0. The lowest BCUT2D eigenvalue weighted by molar-refractivity contribution is -0.142. The van der Waals surface area contributed by atoms with Crippen molar-refractivity contribution in [1.82, 2.24) is 4.90 Å². The quantitative estimate of drug-likeness (QED) is 0.667. The van der Waals surface area contributed by atoms with E-state index in [1.807, 2.05) is 0 Å². The number of cyclic esters (lactones) is 1. The maximum Gasteiger partial charge on any atom is 0.411 e. The number of carboxylic acids is 1. The zero-order valence-electron chi connectivity index (χ0n) is 8.71. The summed E-state index contributed by atoms with van der Waals surface area (Å²) in [7, 11) is -3.73. The number of carbonyl (C=O) groups is 2. The van der Waals surface area contributed by atoms with E-state index in [4.69, 9.17) is 5.11 Å². The molecule has 0 saturated carbocycles. The maximum absolute atomic E-state index is 12.0. The van der Waals surface area contributed by atoms with E-state index in [0.29, 0.717) is 0 Å². The van der Waals surface area contributed by atoms with E-state index in [9.17, 15) is 18.0 Å². The van der Waals surface area contributed by atoms with Crippen LogP contribution in [0.2, 0.25) is 0 Å². The van der Waals surface area contributed by atoms with Crippen molar-refractivity contribution in [2.75, 3.05) is 6.61 Å². The second-order valence-electron chi connectivity index (χ2n) is 4.33. The molecule has 2 rings (SSSR count). The Bertz CT molecular complexity index is 467. The first-order chi connectivity index (χ1) is 7.21. The third-order valence-corrected chi connectivity index (χ3v) is 5.90. The van der Waals surface area contributed by atoms with E-state index in [1.54, 1.807) is 0 Å². The first-order valence-corrected chi connectivity index (χ1v) is 6.17. The van der Waals surface area contributed by atoms with Crippen molar-refractivity contribution in [1.29, 1.82) is 0 Å². The van der Waals surface area contributed by atoms with Gasteiger partial charge in [-0.2, -0.15) is 0 Å². The molecule has 1 amide bonds. The molecule has 0 radical (unpaired) electrons. The molecule has 2 aliphatic rings. The van der Waals surface area contributed by atoms with Gasteiger partial charge in [0, 0.05) is 0 Å². The number of hydrogen-bond donors (Lipinski definition) is 1. The first kappa shape index (κ1) is 11.2. The third-order valence-electron chi connectivity index (χ3n) is 3.13. The van der Waals surface area contributed by atoms with Gasteiger partial charge >= 0.3 is 12.1 Å². The maximum atomic E-state index is 12.0. The molecular formula is C8H11NO6S. The molecule has 2 heterocycles. The molecule has 2 saturated heterocycles. The molecule has 2 atom stereocenters. The van der Waals surface area contributed by atoms with Crippen LogP contribution in [0.25, 0.3) is 0 Å². The summed E-state index contributed by atoms with van der Waals surface area (Å²) in [6.07, 6.45) is -0.883. The Labute approximate surface area is 91.9 Å². The van der Waals surface area contributed by atoms with Crippen LogP contribution < -0.4 is 0 Å². The van der Waals surface area contributed by atoms with E-state index < -0.39 is 38.1 Å². The van der Waals surface area contributed by atoms with E-state index in [-0.39, 0.29) is 6.61 Å². The lowest BCUT2D eigenvalue weighted by Gasteiger charge is -2.24. The van der Waals surface area contributed by atoms with Gasteiger partial charge < -0.3 is 9.84 Å². The molecule has 2 aliphatic heterocycles. The number of aliphatic carboxylic acids is 1. The Balaban J connectivity index is 2.61. The zero-order valence-corrected chi connectivity index (χ0v) is 9.52. The zero-order chi connectivity index (χ0) is 12.3. The largest absolute Gasteiger partial charge is 0.480 e. The fourth-order valence-electron chi connectivity index (χ4n) is 2.18. The number of nitrogens with zero attached hydrogens (tertiary/aromatic N) is 1. The number of sulfone groups is 1. The summed E-state index contributed by atoms with van der Waals surface area (Å²) in [4.78, 5) is 23.2. The van der Waals surface area contributed by atoms with Gasteiger partial charge in [0.2, 0.25) is 0 Å². The molecule has 8 heteroatoms. The molecule has 0 aliphatic carbocycles. The number of hydrogen-bond acceptors (Lipinski definition) is 5. The Hall–Kier alpha value is -1.31. The highest BCUT2D eigenvalue weighted by atomic mass is 32.2. The predicted octanol–water partition coefficient (Wildman–Crippen LogP) is -0.575. The minimum atomic E-state index is -3.73. The van der Waals surface area contributed by atoms with Crippen molar-refractivity contribution in [3.63, 3.8) is 0 Å². The van der Waals surface area contributed by atoms with Crippen molar-refractivity contribution < 1.29 is 27.9 Å². The van der Waals surface area contributed by atoms with Crippen LogP contribution in [0.4, 0.5) is 4.79 Å². The van der Waals surface area contributed by atoms with E-state index in [1.165, 1.54) is 13.8 Å². The van der Waals surface area contributed by atoms with Crippen molar-refractivity contribution in [3.8, 4) is 0 Å². The van der Waals surface area contributed by atoms with Crippen molar-refractivity contribution >= 4 is 21.9 Å². The molecule has 0 spiro atoms. The normalized spacial score (nSPS) is 34.6. The number of fused-ring (bicyclic) bond motifs is 1. The van der Waals surface area contributed by atoms with Gasteiger partial charge in [-0.3, -0.25) is 4.90 Å². The van der Waals surface area contributed by atoms with Gasteiger partial charge in [0.15, 0.2) is 21.3 Å². The van der Waals surface area contributed by atoms with Gasteiger partial charge in [0.1, 0.15) is 11.4 Å². The number of carbonyl (C=O) groups excluding carboxylic acids is 1. The molecule has 1 N–H and O–H groups in total. The van der Waals surface area contributed by atoms with Crippen LogP contribution in [0.1, 0.15) is 13.8 Å². The Morgan fingerprint density at radius 1 is 1.56 bits per heavy atom. The average molecular weight is 249 g/mol. The number of carboxylic acid groups (broad SMARTS) is 1. The number of rotatable bonds is 1. The van der Waals surface area contributed by atoms with Gasteiger partial charge in [-0.1, -0.05) is 0 Å². The Morgan fingerprint density at radius 3 is 2.62 bits per heavy atom. The van der Waals surface area contributed by atoms with Crippen LogP contribution >= 0.6 is 0 Å². The highest BCUT2D eigenvalue weighted by Crippen LogP contribution is 2.41. The van der Waals surface area contributed by atoms with E-state index >= 15 is 0 Å². The second kappa shape index (κ2) is 2.88. The lowest BCUT2D eigenvalue weighted by atomic mass is 10.0. The highest BCUT2D eigenvalue weighted by molar-refractivity contribution is 7.93. The molecule has 7 nitrogen and oxygen atoms in total. The minimum Gasteiger partial charge on any atom is -0.480 e. The number of ether oxygens (including phenoxy) is 1. The fourth-order valence-corrected chi connectivity index (χ4v) is 4.16. The van der Waals surface area contributed by atoms with Crippen molar-refractivity contribution in [3.05, 3.63) is 0 Å². The van der Waals surface area contributed by atoms with Crippen LogP contribution in [-0.4, -0.2) is 53.3 Å².